The Morgan fingerprint density at radius 3 is 2.61 bits per heavy atom. The Labute approximate surface area is 128 Å². The van der Waals surface area contributed by atoms with Crippen molar-refractivity contribution in [2.45, 2.75) is 13.1 Å². The molecule has 1 amide bonds. The van der Waals surface area contributed by atoms with Crippen LogP contribution in [0.4, 0.5) is 17.6 Å². The summed E-state index contributed by atoms with van der Waals surface area (Å²) in [6.45, 7) is 5.46. The number of nitrogens with one attached hydrogen (secondary N) is 1. The van der Waals surface area contributed by atoms with E-state index in [-0.39, 0.29) is 17.7 Å². The molecule has 23 heavy (non-hydrogen) atoms. The second kappa shape index (κ2) is 6.19. The third-order valence-corrected chi connectivity index (χ3v) is 2.69. The van der Waals surface area contributed by atoms with Crippen LogP contribution in [-0.2, 0) is 6.18 Å². The van der Waals surface area contributed by atoms with Gasteiger partial charge in [0, 0.05) is 12.1 Å². The Kier molecular flexibility index (Phi) is 4.48. The highest BCUT2D eigenvalue weighted by molar-refractivity contribution is 5.95. The van der Waals surface area contributed by atoms with Crippen LogP contribution in [0.2, 0.25) is 0 Å². The van der Waals surface area contributed by atoms with Gasteiger partial charge in [-0.15, -0.1) is 0 Å². The summed E-state index contributed by atoms with van der Waals surface area (Å²) < 4.78 is 55.2. The van der Waals surface area contributed by atoms with Gasteiger partial charge in [-0.05, 0) is 19.1 Å². The number of rotatable bonds is 4. The Hall–Kier alpha value is -2.71. The summed E-state index contributed by atoms with van der Waals surface area (Å²) in [6.07, 6.45) is -4.79. The number of hydrogen-bond acceptors (Lipinski definition) is 4. The number of hydrogen-bond donors (Lipinski definition) is 1. The molecule has 0 aliphatic heterocycles. The third-order valence-electron chi connectivity index (χ3n) is 2.69. The number of carbonyl (C=O) groups excluding carboxylic acids is 1. The molecule has 0 fully saturated rings. The first kappa shape index (κ1) is 16.7. The van der Waals surface area contributed by atoms with E-state index in [0.29, 0.717) is 5.57 Å². The zero-order valence-electron chi connectivity index (χ0n) is 11.9. The lowest BCUT2D eigenvalue weighted by atomic mass is 10.1. The lowest BCUT2D eigenvalue weighted by Crippen LogP contribution is -2.25. The maximum Gasteiger partial charge on any atom is 0.471 e. The van der Waals surface area contributed by atoms with E-state index >= 15 is 0 Å². The van der Waals surface area contributed by atoms with Gasteiger partial charge in [0.2, 0.25) is 5.82 Å². The average Bonchev–Trinajstić information content (AvgIpc) is 2.94. The highest BCUT2D eigenvalue weighted by atomic mass is 19.4. The minimum Gasteiger partial charge on any atom is -0.348 e. The molecule has 1 heterocycles. The average molecular weight is 329 g/mol. The summed E-state index contributed by atoms with van der Waals surface area (Å²) in [7, 11) is 0. The molecule has 0 saturated heterocycles. The molecule has 0 atom stereocenters. The normalized spacial score (nSPS) is 11.3. The molecule has 122 valence electrons. The van der Waals surface area contributed by atoms with Crippen molar-refractivity contribution >= 4 is 5.91 Å². The minimum atomic E-state index is -4.79. The van der Waals surface area contributed by atoms with Gasteiger partial charge in [-0.3, -0.25) is 4.79 Å². The smallest absolute Gasteiger partial charge is 0.348 e. The molecular formula is C14H11F4N3O2. The van der Waals surface area contributed by atoms with Gasteiger partial charge >= 0.3 is 12.1 Å². The summed E-state index contributed by atoms with van der Waals surface area (Å²) in [5, 5.41) is 5.59. The number of benzene rings is 1. The topological polar surface area (TPSA) is 68.0 Å². The number of alkyl halides is 3. The van der Waals surface area contributed by atoms with Crippen molar-refractivity contribution in [1.29, 1.82) is 0 Å². The molecule has 0 unspecified atom stereocenters. The van der Waals surface area contributed by atoms with Crippen LogP contribution in [0.25, 0.3) is 11.4 Å². The van der Waals surface area contributed by atoms with Crippen molar-refractivity contribution in [2.75, 3.05) is 6.54 Å². The van der Waals surface area contributed by atoms with Crippen LogP contribution in [0.5, 0.6) is 0 Å². The fraction of sp³-hybridized carbons (Fsp3) is 0.214. The summed E-state index contributed by atoms with van der Waals surface area (Å²) in [6, 6.07) is 3.21. The Morgan fingerprint density at radius 1 is 1.39 bits per heavy atom. The van der Waals surface area contributed by atoms with E-state index in [0.717, 1.165) is 12.1 Å². The lowest BCUT2D eigenvalue weighted by molar-refractivity contribution is -0.159. The van der Waals surface area contributed by atoms with Crippen LogP contribution in [-0.4, -0.2) is 22.6 Å². The third kappa shape index (κ3) is 3.93. The van der Waals surface area contributed by atoms with Gasteiger partial charge in [0.05, 0.1) is 5.56 Å². The number of amides is 1. The molecule has 1 aromatic carbocycles. The minimum absolute atomic E-state index is 0.0433. The van der Waals surface area contributed by atoms with Gasteiger partial charge in [-0.25, -0.2) is 4.39 Å². The van der Waals surface area contributed by atoms with Crippen LogP contribution in [0, 0.1) is 5.82 Å². The van der Waals surface area contributed by atoms with Gasteiger partial charge in [-0.1, -0.05) is 23.4 Å². The molecule has 0 radical (unpaired) electrons. The van der Waals surface area contributed by atoms with E-state index in [1.54, 1.807) is 6.92 Å². The van der Waals surface area contributed by atoms with E-state index in [2.05, 4.69) is 26.6 Å². The Balaban J connectivity index is 2.24. The van der Waals surface area contributed by atoms with Gasteiger partial charge in [0.15, 0.2) is 0 Å². The SMILES string of the molecule is C=C(C)CNC(=O)c1ccc(-c2noc(C(F)(F)F)n2)cc1F. The quantitative estimate of drug-likeness (QED) is 0.691. The summed E-state index contributed by atoms with van der Waals surface area (Å²) in [5.41, 5.74) is 0.384. The predicted molar refractivity (Wildman–Crippen MR) is 71.8 cm³/mol. The monoisotopic (exact) mass is 329 g/mol. The zero-order valence-corrected chi connectivity index (χ0v) is 11.9. The van der Waals surface area contributed by atoms with Crippen molar-refractivity contribution in [3.63, 3.8) is 0 Å². The van der Waals surface area contributed by atoms with E-state index in [9.17, 15) is 22.4 Å². The van der Waals surface area contributed by atoms with Crippen molar-refractivity contribution in [2.24, 2.45) is 0 Å². The molecule has 5 nitrogen and oxygen atoms in total. The summed E-state index contributed by atoms with van der Waals surface area (Å²) >= 11 is 0. The van der Waals surface area contributed by atoms with Crippen LogP contribution < -0.4 is 5.32 Å². The molecule has 0 aliphatic carbocycles. The molecule has 2 rings (SSSR count). The second-order valence-electron chi connectivity index (χ2n) is 4.76. The first-order chi connectivity index (χ1) is 10.7. The fourth-order valence-electron chi connectivity index (χ4n) is 1.62. The molecule has 1 aromatic heterocycles. The first-order valence-electron chi connectivity index (χ1n) is 6.32. The van der Waals surface area contributed by atoms with Crippen molar-refractivity contribution < 1.29 is 26.9 Å². The van der Waals surface area contributed by atoms with E-state index in [4.69, 9.17) is 0 Å². The molecule has 0 saturated carbocycles. The largest absolute Gasteiger partial charge is 0.471 e. The maximum absolute atomic E-state index is 14.0. The standard InChI is InChI=1S/C14H11F4N3O2/c1-7(2)6-19-12(22)9-4-3-8(5-10(9)15)11-20-13(23-21-11)14(16,17)18/h3-5H,1,6H2,2H3,(H,19,22). The van der Waals surface area contributed by atoms with E-state index in [1.807, 2.05) is 0 Å². The highest BCUT2D eigenvalue weighted by Gasteiger charge is 2.38. The van der Waals surface area contributed by atoms with Gasteiger partial charge in [0.25, 0.3) is 5.91 Å². The highest BCUT2D eigenvalue weighted by Crippen LogP contribution is 2.29. The molecular weight excluding hydrogens is 318 g/mol. The summed E-state index contributed by atoms with van der Waals surface area (Å²) in [5.74, 6) is -3.54. The second-order valence-corrected chi connectivity index (χ2v) is 4.76. The molecule has 0 spiro atoms. The Bertz CT molecular complexity index is 753. The van der Waals surface area contributed by atoms with Crippen LogP contribution >= 0.6 is 0 Å². The Morgan fingerprint density at radius 2 is 2.09 bits per heavy atom. The number of carbonyl (C=O) groups is 1. The molecule has 2 aromatic rings. The number of aromatic nitrogens is 2. The van der Waals surface area contributed by atoms with E-state index < -0.39 is 29.6 Å². The molecule has 0 bridgehead atoms. The van der Waals surface area contributed by atoms with Crippen LogP contribution in [0.1, 0.15) is 23.2 Å². The van der Waals surface area contributed by atoms with Crippen molar-refractivity contribution in [1.82, 2.24) is 15.5 Å². The van der Waals surface area contributed by atoms with Crippen molar-refractivity contribution in [3.05, 3.63) is 47.6 Å². The zero-order chi connectivity index (χ0) is 17.2. The summed E-state index contributed by atoms with van der Waals surface area (Å²) in [4.78, 5) is 14.9. The van der Waals surface area contributed by atoms with E-state index in [1.165, 1.54) is 6.07 Å². The van der Waals surface area contributed by atoms with Crippen LogP contribution in [0.15, 0.2) is 34.9 Å². The number of nitrogens with zero attached hydrogens (tertiary/aromatic N) is 2. The van der Waals surface area contributed by atoms with Crippen LogP contribution in [0.3, 0.4) is 0 Å². The fourth-order valence-corrected chi connectivity index (χ4v) is 1.62. The molecule has 9 heteroatoms. The maximum atomic E-state index is 14.0. The van der Waals surface area contributed by atoms with Crippen molar-refractivity contribution in [3.8, 4) is 11.4 Å². The molecule has 1 N–H and O–H groups in total. The number of halogens is 4. The van der Waals surface area contributed by atoms with Gasteiger partial charge in [0.1, 0.15) is 5.82 Å². The predicted octanol–water partition coefficient (Wildman–Crippen LogP) is 3.20. The van der Waals surface area contributed by atoms with Gasteiger partial charge in [-0.2, -0.15) is 18.2 Å². The lowest BCUT2D eigenvalue weighted by Gasteiger charge is -2.06. The van der Waals surface area contributed by atoms with Gasteiger partial charge < -0.3 is 9.84 Å². The molecule has 0 aliphatic rings. The first-order valence-corrected chi connectivity index (χ1v) is 6.32.